The SMILES string of the molecule is CCC(N)C(N(C)C1CCCCC1)C(F)(F)F. The molecular formula is C12H23F3N2. The molecular weight excluding hydrogens is 229 g/mol. The predicted octanol–water partition coefficient (Wildman–Crippen LogP) is 2.92. The van der Waals surface area contributed by atoms with Crippen molar-refractivity contribution in [3.63, 3.8) is 0 Å². The molecule has 1 aliphatic carbocycles. The van der Waals surface area contributed by atoms with Gasteiger partial charge in [-0.25, -0.2) is 0 Å². The number of rotatable bonds is 4. The Hall–Kier alpha value is -0.290. The molecule has 1 fully saturated rings. The summed E-state index contributed by atoms with van der Waals surface area (Å²) in [5.74, 6) is 0. The van der Waals surface area contributed by atoms with Crippen LogP contribution < -0.4 is 5.73 Å². The average Bonchev–Trinajstić information content (AvgIpc) is 2.28. The summed E-state index contributed by atoms with van der Waals surface area (Å²) in [5, 5.41) is 0. The minimum atomic E-state index is -4.23. The monoisotopic (exact) mass is 252 g/mol. The van der Waals surface area contributed by atoms with Crippen molar-refractivity contribution < 1.29 is 13.2 Å². The van der Waals surface area contributed by atoms with Gasteiger partial charge in [-0.3, -0.25) is 4.90 Å². The zero-order valence-corrected chi connectivity index (χ0v) is 10.6. The van der Waals surface area contributed by atoms with E-state index in [1.54, 1.807) is 14.0 Å². The van der Waals surface area contributed by atoms with E-state index in [-0.39, 0.29) is 6.04 Å². The number of nitrogens with zero attached hydrogens (tertiary/aromatic N) is 1. The fourth-order valence-corrected chi connectivity index (χ4v) is 2.71. The number of hydrogen-bond donors (Lipinski definition) is 1. The smallest absolute Gasteiger partial charge is 0.326 e. The fourth-order valence-electron chi connectivity index (χ4n) is 2.71. The second-order valence-electron chi connectivity index (χ2n) is 5.02. The predicted molar refractivity (Wildman–Crippen MR) is 62.7 cm³/mol. The molecule has 17 heavy (non-hydrogen) atoms. The Morgan fingerprint density at radius 1 is 1.24 bits per heavy atom. The number of alkyl halides is 3. The summed E-state index contributed by atoms with van der Waals surface area (Å²) < 4.78 is 39.1. The zero-order valence-electron chi connectivity index (χ0n) is 10.6. The maximum absolute atomic E-state index is 13.0. The Bertz CT molecular complexity index is 224. The first kappa shape index (κ1) is 14.8. The number of nitrogens with two attached hydrogens (primary N) is 1. The molecule has 2 atom stereocenters. The van der Waals surface area contributed by atoms with E-state index in [0.29, 0.717) is 6.42 Å². The molecule has 0 aromatic carbocycles. The van der Waals surface area contributed by atoms with Crippen LogP contribution in [0.5, 0.6) is 0 Å². The van der Waals surface area contributed by atoms with Crippen LogP contribution in [0, 0.1) is 0 Å². The first-order valence-corrected chi connectivity index (χ1v) is 6.42. The van der Waals surface area contributed by atoms with E-state index in [2.05, 4.69) is 0 Å². The molecule has 0 aromatic rings. The Labute approximate surface area is 101 Å². The molecule has 0 aliphatic heterocycles. The summed E-state index contributed by atoms with van der Waals surface area (Å²) in [6.45, 7) is 1.71. The summed E-state index contributed by atoms with van der Waals surface area (Å²) >= 11 is 0. The van der Waals surface area contributed by atoms with Crippen molar-refractivity contribution in [2.45, 2.75) is 69.8 Å². The maximum Gasteiger partial charge on any atom is 0.405 e. The van der Waals surface area contributed by atoms with Gasteiger partial charge in [-0.1, -0.05) is 26.2 Å². The lowest BCUT2D eigenvalue weighted by atomic mass is 9.92. The Morgan fingerprint density at radius 2 is 1.76 bits per heavy atom. The molecule has 0 aromatic heterocycles. The summed E-state index contributed by atoms with van der Waals surface area (Å²) in [6, 6.07) is -2.30. The zero-order chi connectivity index (χ0) is 13.1. The van der Waals surface area contributed by atoms with Crippen molar-refractivity contribution in [1.82, 2.24) is 4.90 Å². The molecule has 0 heterocycles. The van der Waals surface area contributed by atoms with E-state index < -0.39 is 18.3 Å². The van der Waals surface area contributed by atoms with Gasteiger partial charge in [-0.05, 0) is 26.3 Å². The lowest BCUT2D eigenvalue weighted by molar-refractivity contribution is -0.192. The molecule has 102 valence electrons. The lowest BCUT2D eigenvalue weighted by Gasteiger charge is -2.40. The third-order valence-corrected chi connectivity index (χ3v) is 3.80. The quantitative estimate of drug-likeness (QED) is 0.833. The minimum Gasteiger partial charge on any atom is -0.326 e. The van der Waals surface area contributed by atoms with Crippen LogP contribution in [0.1, 0.15) is 45.4 Å². The van der Waals surface area contributed by atoms with E-state index in [9.17, 15) is 13.2 Å². The highest BCUT2D eigenvalue weighted by molar-refractivity contribution is 4.90. The van der Waals surface area contributed by atoms with Gasteiger partial charge in [0.15, 0.2) is 0 Å². The Kier molecular flexibility index (Phi) is 5.25. The van der Waals surface area contributed by atoms with Gasteiger partial charge in [0.25, 0.3) is 0 Å². The molecule has 1 saturated carbocycles. The third-order valence-electron chi connectivity index (χ3n) is 3.80. The van der Waals surface area contributed by atoms with Crippen molar-refractivity contribution in [3.05, 3.63) is 0 Å². The van der Waals surface area contributed by atoms with Gasteiger partial charge >= 0.3 is 6.18 Å². The van der Waals surface area contributed by atoms with Gasteiger partial charge in [0, 0.05) is 12.1 Å². The van der Waals surface area contributed by atoms with Crippen molar-refractivity contribution in [2.24, 2.45) is 5.73 Å². The van der Waals surface area contributed by atoms with Gasteiger partial charge in [0.05, 0.1) is 0 Å². The molecule has 5 heteroatoms. The van der Waals surface area contributed by atoms with Crippen LogP contribution in [-0.4, -0.2) is 36.2 Å². The van der Waals surface area contributed by atoms with Crippen LogP contribution in [0.15, 0.2) is 0 Å². The molecule has 1 rings (SSSR count). The summed E-state index contributed by atoms with van der Waals surface area (Å²) in [5.41, 5.74) is 5.65. The van der Waals surface area contributed by atoms with Crippen molar-refractivity contribution in [1.29, 1.82) is 0 Å². The normalized spacial score (nSPS) is 22.8. The van der Waals surface area contributed by atoms with E-state index in [1.165, 1.54) is 4.90 Å². The summed E-state index contributed by atoms with van der Waals surface area (Å²) in [6.07, 6.45) is 1.03. The molecule has 2 N–H and O–H groups in total. The topological polar surface area (TPSA) is 29.3 Å². The first-order valence-electron chi connectivity index (χ1n) is 6.42. The summed E-state index contributed by atoms with van der Waals surface area (Å²) in [4.78, 5) is 1.47. The van der Waals surface area contributed by atoms with Crippen molar-refractivity contribution in [2.75, 3.05) is 7.05 Å². The van der Waals surface area contributed by atoms with Crippen LogP contribution in [0.3, 0.4) is 0 Å². The molecule has 0 bridgehead atoms. The average molecular weight is 252 g/mol. The minimum absolute atomic E-state index is 0.0352. The van der Waals surface area contributed by atoms with Gasteiger partial charge in [-0.2, -0.15) is 13.2 Å². The van der Waals surface area contributed by atoms with Gasteiger partial charge in [0.2, 0.25) is 0 Å². The summed E-state index contributed by atoms with van der Waals surface area (Å²) in [7, 11) is 1.57. The van der Waals surface area contributed by atoms with E-state index >= 15 is 0 Å². The van der Waals surface area contributed by atoms with Crippen LogP contribution in [0.2, 0.25) is 0 Å². The first-order chi connectivity index (χ1) is 7.88. The maximum atomic E-state index is 13.0. The van der Waals surface area contributed by atoms with E-state index in [0.717, 1.165) is 32.1 Å². The fraction of sp³-hybridized carbons (Fsp3) is 1.00. The molecule has 0 radical (unpaired) electrons. The highest BCUT2D eigenvalue weighted by atomic mass is 19.4. The highest BCUT2D eigenvalue weighted by Crippen LogP contribution is 2.31. The standard InChI is InChI=1S/C12H23F3N2/c1-3-10(16)11(12(13,14)15)17(2)9-7-5-4-6-8-9/h9-11H,3-8,16H2,1-2H3. The van der Waals surface area contributed by atoms with E-state index in [4.69, 9.17) is 5.73 Å². The van der Waals surface area contributed by atoms with Gasteiger partial charge in [0.1, 0.15) is 6.04 Å². The highest BCUT2D eigenvalue weighted by Gasteiger charge is 2.47. The van der Waals surface area contributed by atoms with Crippen LogP contribution in [0.4, 0.5) is 13.2 Å². The molecule has 0 saturated heterocycles. The van der Waals surface area contributed by atoms with Crippen molar-refractivity contribution in [3.8, 4) is 0 Å². The third kappa shape index (κ3) is 3.85. The van der Waals surface area contributed by atoms with Crippen molar-refractivity contribution >= 4 is 0 Å². The lowest BCUT2D eigenvalue weighted by Crippen LogP contribution is -2.57. The Morgan fingerprint density at radius 3 is 2.18 bits per heavy atom. The van der Waals surface area contributed by atoms with Crippen LogP contribution in [0.25, 0.3) is 0 Å². The Balaban J connectivity index is 2.74. The molecule has 1 aliphatic rings. The van der Waals surface area contributed by atoms with Gasteiger partial charge < -0.3 is 5.73 Å². The van der Waals surface area contributed by atoms with Crippen LogP contribution in [-0.2, 0) is 0 Å². The van der Waals surface area contributed by atoms with Crippen LogP contribution >= 0.6 is 0 Å². The molecule has 2 nitrogen and oxygen atoms in total. The molecule has 0 spiro atoms. The number of likely N-dealkylation sites (N-methyl/N-ethyl adjacent to an activating group) is 1. The second kappa shape index (κ2) is 6.05. The number of hydrogen-bond acceptors (Lipinski definition) is 2. The largest absolute Gasteiger partial charge is 0.405 e. The molecule has 2 unspecified atom stereocenters. The number of halogens is 3. The second-order valence-corrected chi connectivity index (χ2v) is 5.02. The van der Waals surface area contributed by atoms with E-state index in [1.807, 2.05) is 0 Å². The van der Waals surface area contributed by atoms with Gasteiger partial charge in [-0.15, -0.1) is 0 Å². The molecule has 0 amide bonds.